The molecule has 0 saturated heterocycles. The number of carboxylic acid groups (broad SMARTS) is 1. The van der Waals surface area contributed by atoms with Crippen molar-refractivity contribution in [1.82, 2.24) is 31.3 Å². The van der Waals surface area contributed by atoms with E-state index in [0.29, 0.717) is 30.9 Å². The molecule has 1 aromatic heterocycles. The highest BCUT2D eigenvalue weighted by Crippen LogP contribution is 2.30. The number of carboxylic acids is 1. The fourth-order valence-electron chi connectivity index (χ4n) is 6.05. The molecule has 5 rings (SSSR count). The zero-order valence-electron chi connectivity index (χ0n) is 28.7. The largest absolute Gasteiger partial charge is 0.478 e. The number of benzene rings is 3. The summed E-state index contributed by atoms with van der Waals surface area (Å²) in [5.41, 5.74) is 4.19. The molecule has 0 radical (unpaired) electrons. The molecule has 1 saturated carbocycles. The van der Waals surface area contributed by atoms with Crippen LogP contribution in [0.5, 0.6) is 0 Å². The van der Waals surface area contributed by atoms with Crippen LogP contribution in [0.25, 0.3) is 22.5 Å². The zero-order valence-corrected chi connectivity index (χ0v) is 28.7. The number of H-pyrrole nitrogens is 1. The van der Waals surface area contributed by atoms with Gasteiger partial charge >= 0.3 is 12.1 Å². The van der Waals surface area contributed by atoms with Crippen molar-refractivity contribution >= 4 is 29.6 Å². The molecule has 0 bridgehead atoms. The smallest absolute Gasteiger partial charge is 0.407 e. The zero-order chi connectivity index (χ0) is 35.8. The molecular weight excluding hydrogens is 638 g/mol. The summed E-state index contributed by atoms with van der Waals surface area (Å²) in [6, 6.07) is 18.6. The lowest BCUT2D eigenvalue weighted by Crippen LogP contribution is -2.48. The third-order valence-corrected chi connectivity index (χ3v) is 8.70. The number of aromatic amines is 1. The quantitative estimate of drug-likeness (QED) is 0.135. The van der Waals surface area contributed by atoms with Crippen LogP contribution >= 0.6 is 0 Å². The predicted molar refractivity (Wildman–Crippen MR) is 187 cm³/mol. The molecule has 1 fully saturated rings. The second-order valence-electron chi connectivity index (χ2n) is 13.7. The van der Waals surface area contributed by atoms with E-state index in [-0.39, 0.29) is 35.6 Å². The molecule has 1 aliphatic rings. The molecule has 13 heteroatoms. The minimum Gasteiger partial charge on any atom is -0.478 e. The molecule has 0 spiro atoms. The van der Waals surface area contributed by atoms with E-state index in [2.05, 4.69) is 36.6 Å². The van der Waals surface area contributed by atoms with Crippen molar-refractivity contribution in [2.75, 3.05) is 11.9 Å². The first kappa shape index (κ1) is 35.7. The first-order valence-electron chi connectivity index (χ1n) is 16.7. The summed E-state index contributed by atoms with van der Waals surface area (Å²) in [6.07, 6.45) is 2.53. The summed E-state index contributed by atoms with van der Waals surface area (Å²) in [6.45, 7) is 7.86. The normalized spacial score (nSPS) is 16.6. The molecule has 0 unspecified atom stereocenters. The average molecular weight is 682 g/mol. The molecule has 262 valence electrons. The lowest BCUT2D eigenvalue weighted by Gasteiger charge is -2.29. The molecule has 5 N–H and O–H groups in total. The molecule has 0 aliphatic heterocycles. The molecule has 13 nitrogen and oxygen atoms in total. The van der Waals surface area contributed by atoms with Gasteiger partial charge in [0.05, 0.1) is 5.56 Å². The summed E-state index contributed by atoms with van der Waals surface area (Å²) >= 11 is 0. The Labute approximate surface area is 290 Å². The third-order valence-electron chi connectivity index (χ3n) is 8.70. The van der Waals surface area contributed by atoms with Crippen LogP contribution in [0, 0.1) is 18.8 Å². The highest BCUT2D eigenvalue weighted by molar-refractivity contribution is 5.98. The van der Waals surface area contributed by atoms with Crippen LogP contribution in [-0.4, -0.2) is 67.8 Å². The number of ether oxygens (including phenoxy) is 1. The Kier molecular flexibility index (Phi) is 11.2. The highest BCUT2D eigenvalue weighted by atomic mass is 16.6. The Hall–Kier alpha value is -5.59. The standard InChI is InChI=1S/C37H43N7O6/c1-22-8-9-24(18-30(22)27-6-5-7-28(20-27)35(47)48)19-31(34(46)39-29-16-14-25(15-17-29)32-41-43-44-42-32)40-33(45)26-12-10-23(11-13-26)21-38-36(49)50-37(2,3)4/h5-9,14-18,20,23,26,31H,10-13,19,21H2,1-4H3,(H,38,49)(H,39,46)(H,40,45)(H,47,48)(H,41,42,43,44)/t23?,26?,31-/m0/s1. The van der Waals surface area contributed by atoms with Gasteiger partial charge in [-0.1, -0.05) is 30.3 Å². The van der Waals surface area contributed by atoms with Gasteiger partial charge in [0, 0.05) is 30.1 Å². The van der Waals surface area contributed by atoms with E-state index in [0.717, 1.165) is 40.7 Å². The highest BCUT2D eigenvalue weighted by Gasteiger charge is 2.30. The first-order valence-corrected chi connectivity index (χ1v) is 16.7. The van der Waals surface area contributed by atoms with Gasteiger partial charge in [0.2, 0.25) is 17.6 Å². The number of tetrazole rings is 1. The van der Waals surface area contributed by atoms with Gasteiger partial charge in [-0.2, -0.15) is 5.21 Å². The number of hydrogen-bond acceptors (Lipinski definition) is 8. The van der Waals surface area contributed by atoms with Gasteiger partial charge in [-0.3, -0.25) is 9.59 Å². The molecule has 3 aromatic carbocycles. The summed E-state index contributed by atoms with van der Waals surface area (Å²) in [7, 11) is 0. The van der Waals surface area contributed by atoms with Crippen LogP contribution in [0.1, 0.15) is 67.9 Å². The van der Waals surface area contributed by atoms with E-state index in [9.17, 15) is 24.3 Å². The number of nitrogens with one attached hydrogen (secondary N) is 4. The van der Waals surface area contributed by atoms with Crippen LogP contribution in [-0.2, 0) is 20.7 Å². The average Bonchev–Trinajstić information content (AvgIpc) is 3.63. The number of amides is 3. The number of nitrogens with zero attached hydrogens (tertiary/aromatic N) is 3. The Morgan fingerprint density at radius 1 is 0.960 bits per heavy atom. The maximum absolute atomic E-state index is 13.8. The predicted octanol–water partition coefficient (Wildman–Crippen LogP) is 5.54. The second kappa shape index (κ2) is 15.7. The molecule has 50 heavy (non-hydrogen) atoms. The molecular formula is C37H43N7O6. The van der Waals surface area contributed by atoms with E-state index < -0.39 is 23.7 Å². The van der Waals surface area contributed by atoms with Gasteiger partial charge in [-0.05, 0) is 123 Å². The summed E-state index contributed by atoms with van der Waals surface area (Å²) in [5.74, 6) is -1.21. The number of aryl methyl sites for hydroxylation is 1. The maximum Gasteiger partial charge on any atom is 0.407 e. The molecule has 1 aliphatic carbocycles. The molecule has 1 heterocycles. The summed E-state index contributed by atoms with van der Waals surface area (Å²) in [5, 5.41) is 32.3. The summed E-state index contributed by atoms with van der Waals surface area (Å²) in [4.78, 5) is 51.2. The minimum absolute atomic E-state index is 0.178. The van der Waals surface area contributed by atoms with Crippen LogP contribution in [0.4, 0.5) is 10.5 Å². The fraction of sp³-hybridized carbons (Fsp3) is 0.378. The van der Waals surface area contributed by atoms with E-state index in [1.165, 1.54) is 0 Å². The number of carbonyl (C=O) groups is 4. The topological polar surface area (TPSA) is 188 Å². The van der Waals surface area contributed by atoms with Crippen LogP contribution < -0.4 is 16.0 Å². The minimum atomic E-state index is -1.02. The number of aromatic carboxylic acids is 1. The third kappa shape index (κ3) is 9.74. The monoisotopic (exact) mass is 681 g/mol. The first-order chi connectivity index (χ1) is 23.8. The Balaban J connectivity index is 1.29. The van der Waals surface area contributed by atoms with Crippen molar-refractivity contribution in [3.63, 3.8) is 0 Å². The molecule has 4 aromatic rings. The number of alkyl carbamates (subject to hydrolysis) is 1. The number of carbonyl (C=O) groups excluding carboxylic acids is 3. The van der Waals surface area contributed by atoms with Crippen molar-refractivity contribution in [2.24, 2.45) is 11.8 Å². The van der Waals surface area contributed by atoms with Crippen LogP contribution in [0.3, 0.4) is 0 Å². The second-order valence-corrected chi connectivity index (χ2v) is 13.7. The van der Waals surface area contributed by atoms with E-state index in [1.54, 1.807) is 42.5 Å². The Morgan fingerprint density at radius 3 is 2.36 bits per heavy atom. The SMILES string of the molecule is Cc1ccc(C[C@H](NC(=O)C2CCC(CNC(=O)OC(C)(C)C)CC2)C(=O)Nc2ccc(-c3nn[nH]n3)cc2)cc1-c1cccc(C(=O)O)c1. The molecule has 1 atom stereocenters. The number of anilines is 1. The van der Waals surface area contributed by atoms with Crippen molar-refractivity contribution in [1.29, 1.82) is 0 Å². The van der Waals surface area contributed by atoms with Gasteiger partial charge in [0.15, 0.2) is 0 Å². The van der Waals surface area contributed by atoms with E-state index >= 15 is 0 Å². The van der Waals surface area contributed by atoms with Crippen LogP contribution in [0.15, 0.2) is 66.7 Å². The van der Waals surface area contributed by atoms with Crippen molar-refractivity contribution in [3.8, 4) is 22.5 Å². The number of aromatic nitrogens is 4. The van der Waals surface area contributed by atoms with E-state index in [1.807, 2.05) is 52.0 Å². The Morgan fingerprint density at radius 2 is 1.70 bits per heavy atom. The molecule has 3 amide bonds. The van der Waals surface area contributed by atoms with Crippen molar-refractivity contribution in [2.45, 2.75) is 71.4 Å². The van der Waals surface area contributed by atoms with Crippen molar-refractivity contribution < 1.29 is 29.0 Å². The number of hydrogen-bond donors (Lipinski definition) is 5. The fourth-order valence-corrected chi connectivity index (χ4v) is 6.05. The van der Waals surface area contributed by atoms with Gasteiger partial charge in [-0.15, -0.1) is 10.2 Å². The lowest BCUT2D eigenvalue weighted by atomic mass is 9.81. The Bertz CT molecular complexity index is 1810. The maximum atomic E-state index is 13.8. The lowest BCUT2D eigenvalue weighted by molar-refractivity contribution is -0.130. The van der Waals surface area contributed by atoms with Crippen molar-refractivity contribution in [3.05, 3.63) is 83.4 Å². The van der Waals surface area contributed by atoms with Gasteiger partial charge in [-0.25, -0.2) is 9.59 Å². The summed E-state index contributed by atoms with van der Waals surface area (Å²) < 4.78 is 5.34. The van der Waals surface area contributed by atoms with Gasteiger partial charge < -0.3 is 25.8 Å². The van der Waals surface area contributed by atoms with E-state index in [4.69, 9.17) is 4.74 Å². The number of rotatable bonds is 11. The van der Waals surface area contributed by atoms with Crippen LogP contribution in [0.2, 0.25) is 0 Å². The van der Waals surface area contributed by atoms with Gasteiger partial charge in [0.25, 0.3) is 0 Å². The van der Waals surface area contributed by atoms with Gasteiger partial charge in [0.1, 0.15) is 11.6 Å².